The van der Waals surface area contributed by atoms with Crippen LogP contribution in [0.5, 0.6) is 0 Å². The summed E-state index contributed by atoms with van der Waals surface area (Å²) in [5, 5.41) is 9.40. The maximum Gasteiger partial charge on any atom is 0.326 e. The van der Waals surface area contributed by atoms with Gasteiger partial charge in [0.1, 0.15) is 6.04 Å². The normalized spacial score (nSPS) is 29.2. The Labute approximate surface area is 121 Å². The van der Waals surface area contributed by atoms with Crippen LogP contribution in [0.25, 0.3) is 0 Å². The van der Waals surface area contributed by atoms with E-state index < -0.39 is 12.0 Å². The van der Waals surface area contributed by atoms with Gasteiger partial charge in [-0.15, -0.1) is 0 Å². The molecule has 3 unspecified atom stereocenters. The van der Waals surface area contributed by atoms with E-state index in [4.69, 9.17) is 0 Å². The van der Waals surface area contributed by atoms with Crippen molar-refractivity contribution in [2.45, 2.75) is 83.2 Å². The van der Waals surface area contributed by atoms with Crippen molar-refractivity contribution >= 4 is 11.9 Å². The molecule has 3 atom stereocenters. The molecule has 0 bridgehead atoms. The highest BCUT2D eigenvalue weighted by molar-refractivity contribution is 5.84. The summed E-state index contributed by atoms with van der Waals surface area (Å²) in [6, 6.07) is -0.370. The summed E-state index contributed by atoms with van der Waals surface area (Å²) in [7, 11) is 0. The van der Waals surface area contributed by atoms with Crippen molar-refractivity contribution in [1.82, 2.24) is 4.90 Å². The van der Waals surface area contributed by atoms with Gasteiger partial charge in [-0.25, -0.2) is 4.79 Å². The molecule has 2 fully saturated rings. The second-order valence-corrected chi connectivity index (χ2v) is 6.31. The summed E-state index contributed by atoms with van der Waals surface area (Å²) < 4.78 is 0. The number of likely N-dealkylation sites (tertiary alicyclic amines) is 1. The molecule has 2 aliphatic rings. The van der Waals surface area contributed by atoms with E-state index in [0.717, 1.165) is 44.9 Å². The van der Waals surface area contributed by atoms with Gasteiger partial charge in [-0.2, -0.15) is 0 Å². The Bertz CT molecular complexity index is 356. The molecule has 114 valence electrons. The van der Waals surface area contributed by atoms with Crippen molar-refractivity contribution < 1.29 is 14.7 Å². The second kappa shape index (κ2) is 7.09. The van der Waals surface area contributed by atoms with Crippen molar-refractivity contribution in [1.29, 1.82) is 0 Å². The van der Waals surface area contributed by atoms with Gasteiger partial charge in [-0.05, 0) is 31.6 Å². The number of aliphatic carboxylic acids is 1. The smallest absolute Gasteiger partial charge is 0.326 e. The zero-order chi connectivity index (χ0) is 14.5. The number of carbonyl (C=O) groups excluding carboxylic acids is 1. The SMILES string of the molecule is CCCCCCC(=O)N1C(C(=O)O)CC2CCCCC21. The van der Waals surface area contributed by atoms with Crippen molar-refractivity contribution in [3.63, 3.8) is 0 Å². The number of carboxylic acids is 1. The number of unbranched alkanes of at least 4 members (excludes halogenated alkanes) is 3. The summed E-state index contributed by atoms with van der Waals surface area (Å²) in [4.78, 5) is 25.6. The Balaban J connectivity index is 1.97. The molecule has 1 heterocycles. The van der Waals surface area contributed by atoms with Crippen LogP contribution in [0.4, 0.5) is 0 Å². The number of carboxylic acid groups (broad SMARTS) is 1. The molecule has 1 amide bonds. The van der Waals surface area contributed by atoms with Crippen molar-refractivity contribution in [3.05, 3.63) is 0 Å². The third-order valence-corrected chi connectivity index (χ3v) is 4.91. The molecular weight excluding hydrogens is 254 g/mol. The molecule has 0 aromatic heterocycles. The van der Waals surface area contributed by atoms with Gasteiger partial charge in [-0.1, -0.05) is 39.0 Å². The molecular formula is C16H27NO3. The lowest BCUT2D eigenvalue weighted by Gasteiger charge is -2.33. The Kier molecular flexibility index (Phi) is 5.44. The molecule has 1 saturated heterocycles. The van der Waals surface area contributed by atoms with Crippen molar-refractivity contribution in [2.24, 2.45) is 5.92 Å². The fourth-order valence-electron chi connectivity index (χ4n) is 3.87. The van der Waals surface area contributed by atoms with Crippen LogP contribution in [0.15, 0.2) is 0 Å². The molecule has 1 aliphatic heterocycles. The lowest BCUT2D eigenvalue weighted by molar-refractivity contribution is -0.149. The third kappa shape index (κ3) is 3.33. The van der Waals surface area contributed by atoms with Gasteiger partial charge in [0.05, 0.1) is 0 Å². The molecule has 2 rings (SSSR count). The largest absolute Gasteiger partial charge is 0.480 e. The fourth-order valence-corrected chi connectivity index (χ4v) is 3.87. The van der Waals surface area contributed by atoms with Crippen LogP contribution in [0.1, 0.15) is 71.1 Å². The second-order valence-electron chi connectivity index (χ2n) is 6.31. The first-order valence-corrected chi connectivity index (χ1v) is 8.19. The highest BCUT2D eigenvalue weighted by Gasteiger charge is 2.47. The van der Waals surface area contributed by atoms with Crippen LogP contribution in [-0.2, 0) is 9.59 Å². The van der Waals surface area contributed by atoms with Gasteiger partial charge >= 0.3 is 5.97 Å². The monoisotopic (exact) mass is 281 g/mol. The van der Waals surface area contributed by atoms with Gasteiger partial charge < -0.3 is 10.0 Å². The first kappa shape index (κ1) is 15.3. The van der Waals surface area contributed by atoms with Gasteiger partial charge in [-0.3, -0.25) is 4.79 Å². The lowest BCUT2D eigenvalue weighted by Crippen LogP contribution is -2.46. The van der Waals surface area contributed by atoms with Crippen LogP contribution in [0, 0.1) is 5.92 Å². The van der Waals surface area contributed by atoms with Crippen molar-refractivity contribution in [3.8, 4) is 0 Å². The Morgan fingerprint density at radius 1 is 1.15 bits per heavy atom. The first-order valence-electron chi connectivity index (χ1n) is 8.19. The number of rotatable bonds is 6. The zero-order valence-electron chi connectivity index (χ0n) is 12.5. The highest BCUT2D eigenvalue weighted by Crippen LogP contribution is 2.40. The average molecular weight is 281 g/mol. The molecule has 1 saturated carbocycles. The van der Waals surface area contributed by atoms with Gasteiger partial charge in [0.15, 0.2) is 0 Å². The molecule has 0 aromatic rings. The predicted molar refractivity (Wildman–Crippen MR) is 77.4 cm³/mol. The van der Waals surface area contributed by atoms with E-state index >= 15 is 0 Å². The van der Waals surface area contributed by atoms with E-state index in [1.165, 1.54) is 6.42 Å². The van der Waals surface area contributed by atoms with Gasteiger partial charge in [0, 0.05) is 12.5 Å². The number of hydrogen-bond acceptors (Lipinski definition) is 2. The summed E-state index contributed by atoms with van der Waals surface area (Å²) in [5.74, 6) is -0.325. The van der Waals surface area contributed by atoms with E-state index in [9.17, 15) is 14.7 Å². The van der Waals surface area contributed by atoms with Crippen LogP contribution in [0.2, 0.25) is 0 Å². The maximum absolute atomic E-state index is 12.4. The molecule has 1 N–H and O–H groups in total. The average Bonchev–Trinajstić information content (AvgIpc) is 2.83. The number of amides is 1. The van der Waals surface area contributed by atoms with Crippen LogP contribution < -0.4 is 0 Å². The minimum atomic E-state index is -0.818. The van der Waals surface area contributed by atoms with E-state index in [1.807, 2.05) is 0 Å². The van der Waals surface area contributed by atoms with Crippen molar-refractivity contribution in [2.75, 3.05) is 0 Å². The summed E-state index contributed by atoms with van der Waals surface area (Å²) >= 11 is 0. The Morgan fingerprint density at radius 3 is 2.60 bits per heavy atom. The number of hydrogen-bond donors (Lipinski definition) is 1. The number of carbonyl (C=O) groups is 2. The summed E-state index contributed by atoms with van der Waals surface area (Å²) in [6.07, 6.45) is 9.87. The lowest BCUT2D eigenvalue weighted by atomic mass is 9.84. The minimum absolute atomic E-state index is 0.0721. The Morgan fingerprint density at radius 2 is 1.90 bits per heavy atom. The third-order valence-electron chi connectivity index (χ3n) is 4.91. The summed E-state index contributed by atoms with van der Waals surface area (Å²) in [5.41, 5.74) is 0. The van der Waals surface area contributed by atoms with Crippen LogP contribution in [-0.4, -0.2) is 34.0 Å². The number of nitrogens with zero attached hydrogens (tertiary/aromatic N) is 1. The van der Waals surface area contributed by atoms with E-state index in [2.05, 4.69) is 6.92 Å². The number of fused-ring (bicyclic) bond motifs is 1. The fraction of sp³-hybridized carbons (Fsp3) is 0.875. The van der Waals surface area contributed by atoms with E-state index in [1.54, 1.807) is 4.90 Å². The standard InChI is InChI=1S/C16H27NO3/c1-2-3-4-5-10-15(18)17-13-9-7-6-8-12(13)11-14(17)16(19)20/h12-14H,2-11H2,1H3,(H,19,20). The van der Waals surface area contributed by atoms with E-state index in [0.29, 0.717) is 18.8 Å². The first-order chi connectivity index (χ1) is 9.65. The molecule has 4 nitrogen and oxygen atoms in total. The molecule has 4 heteroatoms. The highest BCUT2D eigenvalue weighted by atomic mass is 16.4. The minimum Gasteiger partial charge on any atom is -0.480 e. The summed E-state index contributed by atoms with van der Waals surface area (Å²) in [6.45, 7) is 2.15. The predicted octanol–water partition coefficient (Wildman–Crippen LogP) is 3.20. The quantitative estimate of drug-likeness (QED) is 0.761. The molecule has 0 aromatic carbocycles. The van der Waals surface area contributed by atoms with Gasteiger partial charge in [0.25, 0.3) is 0 Å². The van der Waals surface area contributed by atoms with Crippen LogP contribution >= 0.6 is 0 Å². The van der Waals surface area contributed by atoms with Crippen LogP contribution in [0.3, 0.4) is 0 Å². The molecule has 1 aliphatic carbocycles. The molecule has 0 radical (unpaired) electrons. The topological polar surface area (TPSA) is 57.6 Å². The maximum atomic E-state index is 12.4. The van der Waals surface area contributed by atoms with Gasteiger partial charge in [0.2, 0.25) is 5.91 Å². The Hall–Kier alpha value is -1.06. The molecule has 20 heavy (non-hydrogen) atoms. The zero-order valence-corrected chi connectivity index (χ0v) is 12.5. The van der Waals surface area contributed by atoms with E-state index in [-0.39, 0.29) is 11.9 Å². The molecule has 0 spiro atoms.